The number of fused-ring (bicyclic) bond motifs is 1. The van der Waals surface area contributed by atoms with Crippen molar-refractivity contribution >= 4 is 62.2 Å². The Hall–Kier alpha value is -2.16. The molecule has 0 saturated carbocycles. The molecule has 3 rings (SSSR count). The van der Waals surface area contributed by atoms with E-state index in [2.05, 4.69) is 10.3 Å². The van der Waals surface area contributed by atoms with Gasteiger partial charge in [-0.1, -0.05) is 29.4 Å². The first-order valence-corrected chi connectivity index (χ1v) is 9.35. The quantitative estimate of drug-likeness (QED) is 0.378. The number of thiazole rings is 1. The number of hydrogen-bond acceptors (Lipinski definition) is 6. The maximum absolute atomic E-state index is 12.1. The lowest BCUT2D eigenvalue weighted by molar-refractivity contribution is -0.384. The zero-order valence-corrected chi connectivity index (χ0v) is 15.4. The molecule has 0 aliphatic heterocycles. The first-order valence-electron chi connectivity index (χ1n) is 7.17. The molecule has 0 aliphatic carbocycles. The molecule has 9 heteroatoms. The Balaban J connectivity index is 1.66. The van der Waals surface area contributed by atoms with Crippen LogP contribution in [0.25, 0.3) is 10.2 Å². The molecule has 0 aliphatic rings. The van der Waals surface area contributed by atoms with Crippen LogP contribution in [0.3, 0.4) is 0 Å². The van der Waals surface area contributed by atoms with Crippen LogP contribution in [-0.2, 0) is 4.79 Å². The van der Waals surface area contributed by atoms with E-state index in [0.717, 1.165) is 10.3 Å². The van der Waals surface area contributed by atoms with Gasteiger partial charge >= 0.3 is 0 Å². The molecular formula is C16H12ClN3O3S2. The third-order valence-corrected chi connectivity index (χ3v) is 6.00. The first kappa shape index (κ1) is 17.7. The molecule has 25 heavy (non-hydrogen) atoms. The SMILES string of the molecule is Cc1c(Cl)cccc1NC(=O)CSc1nc2ccc([N+](=O)[O-])cc2s1. The highest BCUT2D eigenvalue weighted by Gasteiger charge is 2.12. The molecule has 0 radical (unpaired) electrons. The van der Waals surface area contributed by atoms with E-state index < -0.39 is 4.92 Å². The van der Waals surface area contributed by atoms with Crippen molar-refractivity contribution in [3.05, 3.63) is 57.1 Å². The predicted octanol–water partition coefficient (Wildman–Crippen LogP) is 4.90. The molecule has 3 aromatic rings. The molecule has 0 bridgehead atoms. The van der Waals surface area contributed by atoms with E-state index in [0.29, 0.717) is 20.6 Å². The summed E-state index contributed by atoms with van der Waals surface area (Å²) in [5.41, 5.74) is 2.21. The van der Waals surface area contributed by atoms with Crippen LogP contribution in [0.5, 0.6) is 0 Å². The second-order valence-corrected chi connectivity index (χ2v) is 7.80. The minimum absolute atomic E-state index is 0.0295. The van der Waals surface area contributed by atoms with Gasteiger partial charge in [-0.15, -0.1) is 11.3 Å². The Labute approximate surface area is 156 Å². The molecular weight excluding hydrogens is 382 g/mol. The van der Waals surface area contributed by atoms with Gasteiger partial charge in [-0.2, -0.15) is 0 Å². The molecule has 0 saturated heterocycles. The number of non-ortho nitro benzene ring substituents is 1. The van der Waals surface area contributed by atoms with E-state index in [4.69, 9.17) is 11.6 Å². The molecule has 1 N–H and O–H groups in total. The highest BCUT2D eigenvalue weighted by Crippen LogP contribution is 2.32. The molecule has 1 heterocycles. The fraction of sp³-hybridized carbons (Fsp3) is 0.125. The Bertz CT molecular complexity index is 974. The standard InChI is InChI=1S/C16H12ClN3O3S2/c1-9-11(17)3-2-4-12(9)18-15(21)8-24-16-19-13-6-5-10(20(22)23)7-14(13)25-16/h2-7H,8H2,1H3,(H,18,21). The van der Waals surface area contributed by atoms with Crippen LogP contribution in [0.15, 0.2) is 40.7 Å². The van der Waals surface area contributed by atoms with Crippen LogP contribution in [0.1, 0.15) is 5.56 Å². The number of hydrogen-bond donors (Lipinski definition) is 1. The van der Waals surface area contributed by atoms with E-state index in [1.54, 1.807) is 24.3 Å². The van der Waals surface area contributed by atoms with Crippen molar-refractivity contribution in [3.63, 3.8) is 0 Å². The van der Waals surface area contributed by atoms with Crippen LogP contribution in [0, 0.1) is 17.0 Å². The average Bonchev–Trinajstić information content (AvgIpc) is 2.99. The highest BCUT2D eigenvalue weighted by atomic mass is 35.5. The van der Waals surface area contributed by atoms with Gasteiger partial charge in [0.05, 0.1) is 20.9 Å². The van der Waals surface area contributed by atoms with Gasteiger partial charge in [-0.25, -0.2) is 4.98 Å². The van der Waals surface area contributed by atoms with Crippen molar-refractivity contribution in [2.45, 2.75) is 11.3 Å². The normalized spacial score (nSPS) is 10.8. The molecule has 1 amide bonds. The number of benzene rings is 2. The summed E-state index contributed by atoms with van der Waals surface area (Å²) in [6, 6.07) is 9.86. The van der Waals surface area contributed by atoms with Crippen LogP contribution < -0.4 is 5.32 Å². The van der Waals surface area contributed by atoms with Crippen molar-refractivity contribution in [1.29, 1.82) is 0 Å². The number of nitrogens with zero attached hydrogens (tertiary/aromatic N) is 2. The minimum atomic E-state index is -0.438. The molecule has 2 aromatic carbocycles. The Morgan fingerprint density at radius 1 is 1.40 bits per heavy atom. The lowest BCUT2D eigenvalue weighted by Crippen LogP contribution is -2.14. The summed E-state index contributed by atoms with van der Waals surface area (Å²) < 4.78 is 1.41. The van der Waals surface area contributed by atoms with Crippen LogP contribution >= 0.6 is 34.7 Å². The van der Waals surface area contributed by atoms with E-state index in [-0.39, 0.29) is 17.3 Å². The molecule has 128 valence electrons. The number of aromatic nitrogens is 1. The predicted molar refractivity (Wildman–Crippen MR) is 102 cm³/mol. The minimum Gasteiger partial charge on any atom is -0.325 e. The van der Waals surface area contributed by atoms with Crippen molar-refractivity contribution in [2.75, 3.05) is 11.1 Å². The number of carbonyl (C=O) groups excluding carboxylic acids is 1. The third-order valence-electron chi connectivity index (χ3n) is 3.43. The topological polar surface area (TPSA) is 85.1 Å². The van der Waals surface area contributed by atoms with Gasteiger partial charge in [0.1, 0.15) is 0 Å². The lowest BCUT2D eigenvalue weighted by Gasteiger charge is -2.08. The highest BCUT2D eigenvalue weighted by molar-refractivity contribution is 8.01. The van der Waals surface area contributed by atoms with Crippen LogP contribution in [-0.4, -0.2) is 21.6 Å². The molecule has 1 aromatic heterocycles. The summed E-state index contributed by atoms with van der Waals surface area (Å²) in [4.78, 5) is 26.9. The molecule has 0 fully saturated rings. The summed E-state index contributed by atoms with van der Waals surface area (Å²) in [6.45, 7) is 1.84. The summed E-state index contributed by atoms with van der Waals surface area (Å²) in [6.07, 6.45) is 0. The van der Waals surface area contributed by atoms with E-state index >= 15 is 0 Å². The van der Waals surface area contributed by atoms with Crippen molar-refractivity contribution in [3.8, 4) is 0 Å². The number of carbonyl (C=O) groups is 1. The molecule has 6 nitrogen and oxygen atoms in total. The number of anilines is 1. The average molecular weight is 394 g/mol. The zero-order chi connectivity index (χ0) is 18.0. The Morgan fingerprint density at radius 3 is 2.96 bits per heavy atom. The van der Waals surface area contributed by atoms with E-state index in [1.165, 1.54) is 35.2 Å². The summed E-state index contributed by atoms with van der Waals surface area (Å²) in [5, 5.41) is 14.2. The summed E-state index contributed by atoms with van der Waals surface area (Å²) in [5.74, 6) is 0.0223. The van der Waals surface area contributed by atoms with Gasteiger partial charge in [0, 0.05) is 22.8 Å². The first-order chi connectivity index (χ1) is 11.9. The fourth-order valence-corrected chi connectivity index (χ4v) is 4.20. The van der Waals surface area contributed by atoms with Gasteiger partial charge in [-0.3, -0.25) is 14.9 Å². The van der Waals surface area contributed by atoms with E-state index in [1.807, 2.05) is 6.92 Å². The van der Waals surface area contributed by atoms with Crippen molar-refractivity contribution in [1.82, 2.24) is 4.98 Å². The van der Waals surface area contributed by atoms with Crippen LogP contribution in [0.4, 0.5) is 11.4 Å². The van der Waals surface area contributed by atoms with Gasteiger partial charge in [0.15, 0.2) is 4.34 Å². The van der Waals surface area contributed by atoms with Gasteiger partial charge < -0.3 is 5.32 Å². The van der Waals surface area contributed by atoms with Crippen LogP contribution in [0.2, 0.25) is 5.02 Å². The lowest BCUT2D eigenvalue weighted by atomic mass is 10.2. The summed E-state index contributed by atoms with van der Waals surface area (Å²) in [7, 11) is 0. The second kappa shape index (κ2) is 7.38. The molecule has 0 spiro atoms. The second-order valence-electron chi connectivity index (χ2n) is 5.14. The molecule has 0 unspecified atom stereocenters. The number of nitro benzene ring substituents is 1. The smallest absolute Gasteiger partial charge is 0.270 e. The fourth-order valence-electron chi connectivity index (χ4n) is 2.12. The Kier molecular flexibility index (Phi) is 5.22. The number of halogens is 1. The Morgan fingerprint density at radius 2 is 2.20 bits per heavy atom. The largest absolute Gasteiger partial charge is 0.325 e. The number of rotatable bonds is 5. The van der Waals surface area contributed by atoms with Gasteiger partial charge in [0.2, 0.25) is 5.91 Å². The van der Waals surface area contributed by atoms with Crippen molar-refractivity contribution < 1.29 is 9.72 Å². The summed E-state index contributed by atoms with van der Waals surface area (Å²) >= 11 is 8.66. The monoisotopic (exact) mass is 393 g/mol. The number of thioether (sulfide) groups is 1. The zero-order valence-electron chi connectivity index (χ0n) is 13.0. The molecule has 0 atom stereocenters. The van der Waals surface area contributed by atoms with Gasteiger partial charge in [0.25, 0.3) is 5.69 Å². The van der Waals surface area contributed by atoms with Gasteiger partial charge in [-0.05, 0) is 30.7 Å². The maximum Gasteiger partial charge on any atom is 0.270 e. The number of amides is 1. The number of nitrogens with one attached hydrogen (secondary N) is 1. The van der Waals surface area contributed by atoms with E-state index in [9.17, 15) is 14.9 Å². The maximum atomic E-state index is 12.1. The number of nitro groups is 1. The third kappa shape index (κ3) is 4.09. The van der Waals surface area contributed by atoms with Crippen molar-refractivity contribution in [2.24, 2.45) is 0 Å².